The molecular formula is C19H21F2N3O3S. The predicted octanol–water partition coefficient (Wildman–Crippen LogP) is 2.30. The molecule has 0 radical (unpaired) electrons. The summed E-state index contributed by atoms with van der Waals surface area (Å²) in [6.45, 7) is 1.61. The van der Waals surface area contributed by atoms with Crippen LogP contribution in [0.2, 0.25) is 0 Å². The van der Waals surface area contributed by atoms with Gasteiger partial charge < -0.3 is 10.2 Å². The van der Waals surface area contributed by atoms with E-state index in [0.717, 1.165) is 22.1 Å². The van der Waals surface area contributed by atoms with Crippen molar-refractivity contribution in [3.8, 4) is 0 Å². The smallest absolute Gasteiger partial charge is 0.246 e. The van der Waals surface area contributed by atoms with Crippen molar-refractivity contribution in [1.82, 2.24) is 9.21 Å². The van der Waals surface area contributed by atoms with E-state index in [4.69, 9.17) is 0 Å². The zero-order valence-corrected chi connectivity index (χ0v) is 16.0. The maximum Gasteiger partial charge on any atom is 0.246 e. The molecule has 0 unspecified atom stereocenters. The van der Waals surface area contributed by atoms with Crippen LogP contribution in [0.25, 0.3) is 0 Å². The number of carbonyl (C=O) groups excluding carboxylic acids is 1. The van der Waals surface area contributed by atoms with Crippen LogP contribution in [0.15, 0.2) is 53.4 Å². The van der Waals surface area contributed by atoms with Crippen LogP contribution in [0, 0.1) is 11.6 Å². The molecule has 28 heavy (non-hydrogen) atoms. The number of piperazine rings is 1. The van der Waals surface area contributed by atoms with Gasteiger partial charge in [0, 0.05) is 44.8 Å². The van der Waals surface area contributed by atoms with Gasteiger partial charge in [0.2, 0.25) is 15.9 Å². The average molecular weight is 409 g/mol. The summed E-state index contributed by atoms with van der Waals surface area (Å²) in [5, 5.41) is 2.80. The van der Waals surface area contributed by atoms with Gasteiger partial charge in [-0.3, -0.25) is 4.79 Å². The monoisotopic (exact) mass is 409 g/mol. The summed E-state index contributed by atoms with van der Waals surface area (Å²) in [4.78, 5) is 13.3. The van der Waals surface area contributed by atoms with Crippen molar-refractivity contribution < 1.29 is 22.0 Å². The Hall–Kier alpha value is -2.36. The Morgan fingerprint density at radius 2 is 1.68 bits per heavy atom. The van der Waals surface area contributed by atoms with Crippen LogP contribution >= 0.6 is 0 Å². The Kier molecular flexibility index (Phi) is 6.38. The van der Waals surface area contributed by atoms with Crippen LogP contribution < -0.4 is 5.32 Å². The van der Waals surface area contributed by atoms with Crippen molar-refractivity contribution in [3.05, 3.63) is 60.2 Å². The summed E-state index contributed by atoms with van der Waals surface area (Å²) in [7, 11) is -4.10. The normalized spacial score (nSPS) is 16.1. The van der Waals surface area contributed by atoms with Crippen LogP contribution in [0.5, 0.6) is 0 Å². The topological polar surface area (TPSA) is 69.7 Å². The highest BCUT2D eigenvalue weighted by Gasteiger charge is 2.31. The fraction of sp³-hybridized carbons (Fsp3) is 0.316. The number of anilines is 1. The zero-order chi connectivity index (χ0) is 20.1. The molecule has 0 aliphatic carbocycles. The van der Waals surface area contributed by atoms with Gasteiger partial charge in [-0.15, -0.1) is 0 Å². The fourth-order valence-electron chi connectivity index (χ4n) is 3.01. The van der Waals surface area contributed by atoms with E-state index < -0.39 is 26.6 Å². The van der Waals surface area contributed by atoms with Gasteiger partial charge in [0.1, 0.15) is 16.5 Å². The minimum atomic E-state index is -4.10. The number of hydrogen-bond acceptors (Lipinski definition) is 4. The second-order valence-electron chi connectivity index (χ2n) is 6.48. The molecule has 0 saturated carbocycles. The standard InChI is InChI=1S/C19H21F2N3O3S/c20-15-6-7-17(21)18(14-15)28(26,27)24-12-10-23(11-13-24)9-8-19(25)22-16-4-2-1-3-5-16/h1-7,14H,8-13H2,(H,22,25). The van der Waals surface area contributed by atoms with Crippen molar-refractivity contribution in [2.45, 2.75) is 11.3 Å². The molecule has 0 bridgehead atoms. The van der Waals surface area contributed by atoms with Crippen LogP contribution in [0.4, 0.5) is 14.5 Å². The Bertz CT molecular complexity index is 931. The Morgan fingerprint density at radius 1 is 1.00 bits per heavy atom. The number of benzene rings is 2. The molecule has 150 valence electrons. The van der Waals surface area contributed by atoms with E-state index >= 15 is 0 Å². The number of nitrogens with one attached hydrogen (secondary N) is 1. The maximum atomic E-state index is 13.9. The Balaban J connectivity index is 1.51. The van der Waals surface area contributed by atoms with Gasteiger partial charge in [-0.1, -0.05) is 18.2 Å². The van der Waals surface area contributed by atoms with E-state index in [1.54, 1.807) is 12.1 Å². The third-order valence-corrected chi connectivity index (χ3v) is 6.47. The molecule has 1 N–H and O–H groups in total. The second kappa shape index (κ2) is 8.76. The molecule has 0 atom stereocenters. The SMILES string of the molecule is O=C(CCN1CCN(S(=O)(=O)c2cc(F)ccc2F)CC1)Nc1ccccc1. The molecule has 9 heteroatoms. The molecule has 2 aromatic rings. The van der Waals surface area contributed by atoms with Crippen molar-refractivity contribution in [2.24, 2.45) is 0 Å². The molecule has 6 nitrogen and oxygen atoms in total. The number of rotatable bonds is 6. The highest BCUT2D eigenvalue weighted by molar-refractivity contribution is 7.89. The summed E-state index contributed by atoms with van der Waals surface area (Å²) >= 11 is 0. The molecule has 1 amide bonds. The van der Waals surface area contributed by atoms with E-state index in [2.05, 4.69) is 5.32 Å². The molecule has 0 spiro atoms. The minimum absolute atomic E-state index is 0.122. The number of amides is 1. The van der Waals surface area contributed by atoms with Crippen molar-refractivity contribution in [2.75, 3.05) is 38.0 Å². The fourth-order valence-corrected chi connectivity index (χ4v) is 4.51. The highest BCUT2D eigenvalue weighted by Crippen LogP contribution is 2.21. The summed E-state index contributed by atoms with van der Waals surface area (Å²) in [6.07, 6.45) is 0.278. The van der Waals surface area contributed by atoms with Crippen molar-refractivity contribution >= 4 is 21.6 Å². The van der Waals surface area contributed by atoms with E-state index in [1.807, 2.05) is 23.1 Å². The number of halogens is 2. The number of carbonyl (C=O) groups is 1. The van der Waals surface area contributed by atoms with Gasteiger partial charge in [-0.05, 0) is 30.3 Å². The average Bonchev–Trinajstić information content (AvgIpc) is 2.69. The first-order valence-electron chi connectivity index (χ1n) is 8.89. The summed E-state index contributed by atoms with van der Waals surface area (Å²) in [5.74, 6) is -1.90. The minimum Gasteiger partial charge on any atom is -0.326 e. The molecule has 1 aliphatic rings. The van der Waals surface area contributed by atoms with Gasteiger partial charge in [0.25, 0.3) is 0 Å². The van der Waals surface area contributed by atoms with Crippen molar-refractivity contribution in [1.29, 1.82) is 0 Å². The van der Waals surface area contributed by atoms with Gasteiger partial charge in [-0.25, -0.2) is 17.2 Å². The Morgan fingerprint density at radius 3 is 2.36 bits per heavy atom. The number of nitrogens with zero attached hydrogens (tertiary/aromatic N) is 2. The molecule has 2 aromatic carbocycles. The van der Waals surface area contributed by atoms with E-state index in [1.165, 1.54) is 0 Å². The van der Waals surface area contributed by atoms with Gasteiger partial charge in [-0.2, -0.15) is 4.31 Å². The number of para-hydroxylation sites is 1. The summed E-state index contributed by atoms with van der Waals surface area (Å²) in [6, 6.07) is 11.5. The van der Waals surface area contributed by atoms with Crippen LogP contribution in [0.1, 0.15) is 6.42 Å². The molecule has 0 aromatic heterocycles. The van der Waals surface area contributed by atoms with Crippen molar-refractivity contribution in [3.63, 3.8) is 0 Å². The Labute approximate surface area is 162 Å². The molecule has 1 heterocycles. The lowest BCUT2D eigenvalue weighted by atomic mass is 10.3. The first-order chi connectivity index (χ1) is 13.4. The summed E-state index contributed by atoms with van der Waals surface area (Å²) in [5.41, 5.74) is 0.723. The van der Waals surface area contributed by atoms with E-state index in [9.17, 15) is 22.0 Å². The first-order valence-corrected chi connectivity index (χ1v) is 10.3. The molecule has 1 aliphatic heterocycles. The third kappa shape index (κ3) is 4.92. The van der Waals surface area contributed by atoms with Crippen LogP contribution in [-0.2, 0) is 14.8 Å². The van der Waals surface area contributed by atoms with Crippen LogP contribution in [0.3, 0.4) is 0 Å². The highest BCUT2D eigenvalue weighted by atomic mass is 32.2. The molecule has 3 rings (SSSR count). The van der Waals surface area contributed by atoms with Gasteiger partial charge in [0.05, 0.1) is 0 Å². The lowest BCUT2D eigenvalue weighted by Crippen LogP contribution is -2.49. The quantitative estimate of drug-likeness (QED) is 0.795. The molecular weight excluding hydrogens is 388 g/mol. The molecule has 1 saturated heterocycles. The third-order valence-electron chi connectivity index (χ3n) is 4.55. The van der Waals surface area contributed by atoms with E-state index in [0.29, 0.717) is 25.7 Å². The first kappa shape index (κ1) is 20.4. The van der Waals surface area contributed by atoms with E-state index in [-0.39, 0.29) is 25.4 Å². The largest absolute Gasteiger partial charge is 0.326 e. The zero-order valence-electron chi connectivity index (χ0n) is 15.1. The second-order valence-corrected chi connectivity index (χ2v) is 8.39. The van der Waals surface area contributed by atoms with Gasteiger partial charge >= 0.3 is 0 Å². The van der Waals surface area contributed by atoms with Gasteiger partial charge in [0.15, 0.2) is 0 Å². The van der Waals surface area contributed by atoms with Crippen LogP contribution in [-0.4, -0.2) is 56.3 Å². The maximum absolute atomic E-state index is 13.9. The molecule has 1 fully saturated rings. The summed E-state index contributed by atoms with van der Waals surface area (Å²) < 4.78 is 53.5. The lowest BCUT2D eigenvalue weighted by Gasteiger charge is -2.33. The lowest BCUT2D eigenvalue weighted by molar-refractivity contribution is -0.116. The number of hydrogen-bond donors (Lipinski definition) is 1. The predicted molar refractivity (Wildman–Crippen MR) is 101 cm³/mol. The number of sulfonamides is 1.